The summed E-state index contributed by atoms with van der Waals surface area (Å²) in [4.78, 5) is 6.83. The van der Waals surface area contributed by atoms with Gasteiger partial charge in [-0.1, -0.05) is 0 Å². The summed E-state index contributed by atoms with van der Waals surface area (Å²) < 4.78 is 2.20. The van der Waals surface area contributed by atoms with Gasteiger partial charge in [0.2, 0.25) is 5.95 Å². The monoisotopic (exact) mass is 222 g/mol. The van der Waals surface area contributed by atoms with Gasteiger partial charge in [0.05, 0.1) is 0 Å². The van der Waals surface area contributed by atoms with E-state index in [0.29, 0.717) is 5.92 Å². The molecule has 1 aliphatic rings. The zero-order valence-corrected chi connectivity index (χ0v) is 10.3. The second-order valence-electron chi connectivity index (χ2n) is 4.72. The summed E-state index contributed by atoms with van der Waals surface area (Å²) >= 11 is 0. The molecule has 2 N–H and O–H groups in total. The van der Waals surface area contributed by atoms with Crippen LogP contribution in [0.2, 0.25) is 0 Å². The molecule has 1 saturated heterocycles. The van der Waals surface area contributed by atoms with Gasteiger partial charge in [-0.15, -0.1) is 0 Å². The van der Waals surface area contributed by atoms with E-state index >= 15 is 0 Å². The molecular formula is C12H22N4. The first-order chi connectivity index (χ1) is 7.72. The minimum absolute atomic E-state index is 0.285. The molecule has 2 rings (SSSR count). The molecular weight excluding hydrogens is 200 g/mol. The van der Waals surface area contributed by atoms with Crippen LogP contribution in [0.25, 0.3) is 0 Å². The molecule has 2 heterocycles. The minimum Gasteiger partial charge on any atom is -0.342 e. The van der Waals surface area contributed by atoms with Crippen LogP contribution in [0.1, 0.15) is 26.7 Å². The van der Waals surface area contributed by atoms with Crippen molar-refractivity contribution in [3.63, 3.8) is 0 Å². The minimum atomic E-state index is 0.285. The van der Waals surface area contributed by atoms with E-state index in [9.17, 15) is 0 Å². The maximum absolute atomic E-state index is 6.00. The molecule has 4 nitrogen and oxygen atoms in total. The second-order valence-corrected chi connectivity index (χ2v) is 4.72. The van der Waals surface area contributed by atoms with Gasteiger partial charge in [-0.05, 0) is 32.6 Å². The van der Waals surface area contributed by atoms with Crippen LogP contribution in [0, 0.1) is 5.92 Å². The highest BCUT2D eigenvalue weighted by Gasteiger charge is 2.24. The van der Waals surface area contributed by atoms with E-state index in [4.69, 9.17) is 5.73 Å². The van der Waals surface area contributed by atoms with Crippen LogP contribution >= 0.6 is 0 Å². The number of imidazole rings is 1. The highest BCUT2D eigenvalue weighted by Crippen LogP contribution is 2.23. The molecule has 1 fully saturated rings. The number of aromatic nitrogens is 2. The Kier molecular flexibility index (Phi) is 3.49. The standard InChI is InChI=1S/C12H22N4/c1-3-15-8-6-14-12(15)16-7-4-5-11(9-16)10(2)13/h6,8,10-11H,3-5,7,9,13H2,1-2H3. The van der Waals surface area contributed by atoms with Gasteiger partial charge < -0.3 is 15.2 Å². The van der Waals surface area contributed by atoms with Crippen LogP contribution in [0.3, 0.4) is 0 Å². The summed E-state index contributed by atoms with van der Waals surface area (Å²) in [5.41, 5.74) is 6.00. The first-order valence-corrected chi connectivity index (χ1v) is 6.24. The molecule has 2 atom stereocenters. The average Bonchev–Trinajstić information content (AvgIpc) is 2.77. The molecule has 0 bridgehead atoms. The van der Waals surface area contributed by atoms with Gasteiger partial charge in [-0.3, -0.25) is 0 Å². The van der Waals surface area contributed by atoms with Crippen molar-refractivity contribution in [3.05, 3.63) is 12.4 Å². The molecule has 2 unspecified atom stereocenters. The largest absolute Gasteiger partial charge is 0.342 e. The molecule has 0 amide bonds. The zero-order chi connectivity index (χ0) is 11.5. The molecule has 1 aromatic rings. The molecule has 1 aliphatic heterocycles. The molecule has 0 aromatic carbocycles. The van der Waals surface area contributed by atoms with E-state index < -0.39 is 0 Å². The topological polar surface area (TPSA) is 47.1 Å². The highest BCUT2D eigenvalue weighted by atomic mass is 15.3. The lowest BCUT2D eigenvalue weighted by Gasteiger charge is -2.35. The first-order valence-electron chi connectivity index (χ1n) is 6.24. The van der Waals surface area contributed by atoms with Crippen molar-refractivity contribution < 1.29 is 0 Å². The van der Waals surface area contributed by atoms with Crippen LogP contribution in [0.4, 0.5) is 5.95 Å². The van der Waals surface area contributed by atoms with Crippen molar-refractivity contribution in [2.45, 2.75) is 39.3 Å². The van der Waals surface area contributed by atoms with Crippen LogP contribution in [-0.4, -0.2) is 28.7 Å². The lowest BCUT2D eigenvalue weighted by molar-refractivity contribution is 0.360. The third kappa shape index (κ3) is 2.21. The molecule has 0 radical (unpaired) electrons. The van der Waals surface area contributed by atoms with Gasteiger partial charge >= 0.3 is 0 Å². The third-order valence-electron chi connectivity index (χ3n) is 3.52. The number of nitrogens with zero attached hydrogens (tertiary/aromatic N) is 3. The van der Waals surface area contributed by atoms with Gasteiger partial charge in [0, 0.05) is 38.1 Å². The molecule has 1 aromatic heterocycles. The Labute approximate surface area is 97.4 Å². The van der Waals surface area contributed by atoms with E-state index in [1.807, 2.05) is 12.4 Å². The van der Waals surface area contributed by atoms with E-state index in [-0.39, 0.29) is 6.04 Å². The molecule has 0 spiro atoms. The van der Waals surface area contributed by atoms with Crippen LogP contribution < -0.4 is 10.6 Å². The SMILES string of the molecule is CCn1ccnc1N1CCCC(C(C)N)C1. The first kappa shape index (κ1) is 11.5. The molecule has 0 aliphatic carbocycles. The lowest BCUT2D eigenvalue weighted by atomic mass is 9.92. The van der Waals surface area contributed by atoms with Crippen LogP contribution in [0.5, 0.6) is 0 Å². The van der Waals surface area contributed by atoms with E-state index in [1.54, 1.807) is 0 Å². The predicted octanol–water partition coefficient (Wildman–Crippen LogP) is 1.47. The summed E-state index contributed by atoms with van der Waals surface area (Å²) in [6.07, 6.45) is 6.41. The number of hydrogen-bond donors (Lipinski definition) is 1. The zero-order valence-electron chi connectivity index (χ0n) is 10.3. The Morgan fingerprint density at radius 3 is 3.12 bits per heavy atom. The number of rotatable bonds is 3. The van der Waals surface area contributed by atoms with E-state index in [0.717, 1.165) is 25.6 Å². The molecule has 16 heavy (non-hydrogen) atoms. The predicted molar refractivity (Wildman–Crippen MR) is 66.5 cm³/mol. The third-order valence-corrected chi connectivity index (χ3v) is 3.52. The number of aryl methyl sites for hydroxylation is 1. The summed E-state index contributed by atoms with van der Waals surface area (Å²) in [7, 11) is 0. The fourth-order valence-electron chi connectivity index (χ4n) is 2.45. The number of anilines is 1. The average molecular weight is 222 g/mol. The fourth-order valence-corrected chi connectivity index (χ4v) is 2.45. The Bertz CT molecular complexity index is 332. The van der Waals surface area contributed by atoms with Crippen molar-refractivity contribution in [1.82, 2.24) is 9.55 Å². The van der Waals surface area contributed by atoms with E-state index in [2.05, 4.69) is 28.3 Å². The van der Waals surface area contributed by atoms with Gasteiger partial charge in [0.25, 0.3) is 0 Å². The van der Waals surface area contributed by atoms with Crippen LogP contribution in [0.15, 0.2) is 12.4 Å². The van der Waals surface area contributed by atoms with E-state index in [1.165, 1.54) is 12.8 Å². The summed E-state index contributed by atoms with van der Waals surface area (Å²) in [5, 5.41) is 0. The smallest absolute Gasteiger partial charge is 0.205 e. The van der Waals surface area contributed by atoms with Gasteiger partial charge in [0.15, 0.2) is 0 Å². The summed E-state index contributed by atoms with van der Waals surface area (Å²) in [6.45, 7) is 7.40. The lowest BCUT2D eigenvalue weighted by Crippen LogP contribution is -2.43. The Balaban J connectivity index is 2.09. The van der Waals surface area contributed by atoms with Crippen molar-refractivity contribution in [2.24, 2.45) is 11.7 Å². The quantitative estimate of drug-likeness (QED) is 0.842. The van der Waals surface area contributed by atoms with Crippen molar-refractivity contribution in [1.29, 1.82) is 0 Å². The fraction of sp³-hybridized carbons (Fsp3) is 0.750. The Hall–Kier alpha value is -1.03. The maximum Gasteiger partial charge on any atom is 0.205 e. The van der Waals surface area contributed by atoms with Crippen molar-refractivity contribution in [3.8, 4) is 0 Å². The number of nitrogens with two attached hydrogens (primary N) is 1. The van der Waals surface area contributed by atoms with Gasteiger partial charge in [-0.25, -0.2) is 4.98 Å². The highest BCUT2D eigenvalue weighted by molar-refractivity contribution is 5.32. The molecule has 0 saturated carbocycles. The van der Waals surface area contributed by atoms with Crippen LogP contribution in [-0.2, 0) is 6.54 Å². The maximum atomic E-state index is 6.00. The summed E-state index contributed by atoms with van der Waals surface area (Å²) in [6, 6.07) is 0.285. The Morgan fingerprint density at radius 2 is 2.44 bits per heavy atom. The molecule has 4 heteroatoms. The van der Waals surface area contributed by atoms with Crippen molar-refractivity contribution in [2.75, 3.05) is 18.0 Å². The second kappa shape index (κ2) is 4.87. The number of piperidine rings is 1. The van der Waals surface area contributed by atoms with Crippen molar-refractivity contribution >= 4 is 5.95 Å². The van der Waals surface area contributed by atoms with Gasteiger partial charge in [-0.2, -0.15) is 0 Å². The van der Waals surface area contributed by atoms with Gasteiger partial charge in [0.1, 0.15) is 0 Å². The number of hydrogen-bond acceptors (Lipinski definition) is 3. The normalized spacial score (nSPS) is 23.4. The summed E-state index contributed by atoms with van der Waals surface area (Å²) in [5.74, 6) is 1.71. The molecule has 90 valence electrons. The Morgan fingerprint density at radius 1 is 1.62 bits per heavy atom.